The highest BCUT2D eigenvalue weighted by molar-refractivity contribution is 5.79. The molecule has 0 saturated carbocycles. The highest BCUT2D eigenvalue weighted by Gasteiger charge is 2.44. The van der Waals surface area contributed by atoms with Crippen LogP contribution in [0.25, 0.3) is 0 Å². The molecule has 14 heteroatoms. The lowest BCUT2D eigenvalue weighted by atomic mass is 9.89. The SMILES string of the molecule is NC1COCCCCCCCCCCOc2ccnc(c2)C[C@]1(O)C(=O)O.NC1COCCCCCCCCCCOc2ccnc(c2)C[C@]1(O)C(=O)O. The molecular formula is C40H64N4O10. The predicted molar refractivity (Wildman–Crippen MR) is 204 cm³/mol. The first kappa shape index (κ1) is 45.0. The maximum absolute atomic E-state index is 11.7. The summed E-state index contributed by atoms with van der Waals surface area (Å²) in [6, 6.07) is 4.68. The second-order valence-electron chi connectivity index (χ2n) is 14.5. The van der Waals surface area contributed by atoms with E-state index in [0.717, 1.165) is 51.4 Å². The van der Waals surface area contributed by atoms with Crippen LogP contribution in [0.2, 0.25) is 0 Å². The number of carboxylic acids is 2. The number of carbonyl (C=O) groups is 2. The molecular weight excluding hydrogens is 696 g/mol. The van der Waals surface area contributed by atoms with Crippen molar-refractivity contribution in [3.63, 3.8) is 0 Å². The lowest BCUT2D eigenvalue weighted by molar-refractivity contribution is -0.163. The third-order valence-corrected chi connectivity index (χ3v) is 9.94. The lowest BCUT2D eigenvalue weighted by Gasteiger charge is -2.29. The molecule has 0 aliphatic carbocycles. The second kappa shape index (κ2) is 24.9. The molecule has 0 fully saturated rings. The third kappa shape index (κ3) is 16.1. The molecule has 0 spiro atoms. The molecule has 0 saturated heterocycles. The predicted octanol–water partition coefficient (Wildman–Crippen LogP) is 4.59. The molecule has 4 atom stereocenters. The topological polar surface area (TPSA) is 230 Å². The van der Waals surface area contributed by atoms with Gasteiger partial charge in [-0.25, -0.2) is 9.59 Å². The lowest BCUT2D eigenvalue weighted by Crippen LogP contribution is -2.57. The third-order valence-electron chi connectivity index (χ3n) is 9.94. The summed E-state index contributed by atoms with van der Waals surface area (Å²) in [6.45, 7) is 2.23. The van der Waals surface area contributed by atoms with Crippen LogP contribution in [0.3, 0.4) is 0 Å². The molecule has 2 aromatic rings. The molecule has 0 aromatic carbocycles. The number of ether oxygens (including phenoxy) is 4. The van der Waals surface area contributed by atoms with E-state index < -0.39 is 35.2 Å². The fraction of sp³-hybridized carbons (Fsp3) is 0.700. The Kier molecular flexibility index (Phi) is 20.7. The van der Waals surface area contributed by atoms with Crippen molar-refractivity contribution in [2.45, 2.75) is 139 Å². The van der Waals surface area contributed by atoms with Crippen molar-refractivity contribution in [1.82, 2.24) is 9.97 Å². The summed E-state index contributed by atoms with van der Waals surface area (Å²) in [5.41, 5.74) is 8.51. The first-order valence-electron chi connectivity index (χ1n) is 19.8. The van der Waals surface area contributed by atoms with Gasteiger partial charge in [-0.2, -0.15) is 0 Å². The minimum absolute atomic E-state index is 0.0149. The maximum Gasteiger partial charge on any atom is 0.337 e. The summed E-state index contributed by atoms with van der Waals surface area (Å²) >= 11 is 0. The Labute approximate surface area is 320 Å². The fourth-order valence-corrected chi connectivity index (χ4v) is 6.38. The van der Waals surface area contributed by atoms with Crippen molar-refractivity contribution in [1.29, 1.82) is 0 Å². The molecule has 0 radical (unpaired) electrons. The van der Waals surface area contributed by atoms with Crippen LogP contribution in [0.5, 0.6) is 11.5 Å². The number of pyridine rings is 2. The number of fused-ring (bicyclic) bond motifs is 4. The minimum Gasteiger partial charge on any atom is -0.493 e. The molecule has 54 heavy (non-hydrogen) atoms. The second-order valence-corrected chi connectivity index (χ2v) is 14.5. The highest BCUT2D eigenvalue weighted by Crippen LogP contribution is 2.22. The van der Waals surface area contributed by atoms with Gasteiger partial charge < -0.3 is 50.8 Å². The van der Waals surface area contributed by atoms with Gasteiger partial charge in [-0.15, -0.1) is 0 Å². The Morgan fingerprint density at radius 2 is 0.870 bits per heavy atom. The number of aliphatic hydroxyl groups is 2. The van der Waals surface area contributed by atoms with Crippen LogP contribution in [-0.2, 0) is 31.9 Å². The number of aromatic nitrogens is 2. The number of nitrogens with two attached hydrogens (primary N) is 2. The normalized spacial score (nSPS) is 26.8. The van der Waals surface area contributed by atoms with E-state index in [1.54, 1.807) is 36.7 Å². The van der Waals surface area contributed by atoms with E-state index in [0.29, 0.717) is 49.3 Å². The van der Waals surface area contributed by atoms with Crippen LogP contribution >= 0.6 is 0 Å². The standard InChI is InChI=1S/2C20H32N2O5/c2*21-18-15-26-11-7-5-3-1-2-4-6-8-12-27-17-9-10-22-16(13-17)14-20(18,25)19(23)24/h2*9-10,13,18,25H,1-8,11-12,14-15,21H2,(H,23,24)/t2*18?,20-/m11/s1. The quantitative estimate of drug-likeness (QED) is 0.246. The largest absolute Gasteiger partial charge is 0.493 e. The molecule has 304 valence electrons. The van der Waals surface area contributed by atoms with Crippen molar-refractivity contribution < 1.29 is 49.0 Å². The number of hydrogen-bond donors (Lipinski definition) is 6. The zero-order valence-electron chi connectivity index (χ0n) is 31.9. The van der Waals surface area contributed by atoms with Crippen molar-refractivity contribution in [3.8, 4) is 11.5 Å². The summed E-state index contributed by atoms with van der Waals surface area (Å²) in [6.07, 6.45) is 20.6. The Hall–Kier alpha value is -3.40. The molecule has 4 heterocycles. The van der Waals surface area contributed by atoms with Crippen LogP contribution in [-0.4, -0.2) is 105 Å². The van der Waals surface area contributed by atoms with Crippen LogP contribution < -0.4 is 20.9 Å². The van der Waals surface area contributed by atoms with Crippen LogP contribution in [0.4, 0.5) is 0 Å². The number of nitrogens with zero attached hydrogens (tertiary/aromatic N) is 2. The van der Waals surface area contributed by atoms with Gasteiger partial charge in [0.1, 0.15) is 11.5 Å². The Morgan fingerprint density at radius 1 is 0.556 bits per heavy atom. The van der Waals surface area contributed by atoms with E-state index in [-0.39, 0.29) is 26.1 Å². The van der Waals surface area contributed by atoms with Gasteiger partial charge in [-0.05, 0) is 37.8 Å². The van der Waals surface area contributed by atoms with Gasteiger partial charge >= 0.3 is 11.9 Å². The number of rotatable bonds is 2. The van der Waals surface area contributed by atoms with Gasteiger partial charge in [0.25, 0.3) is 0 Å². The van der Waals surface area contributed by atoms with Gasteiger partial charge in [-0.1, -0.05) is 77.0 Å². The fourth-order valence-electron chi connectivity index (χ4n) is 6.38. The van der Waals surface area contributed by atoms with E-state index in [9.17, 15) is 30.0 Å². The smallest absolute Gasteiger partial charge is 0.337 e. The van der Waals surface area contributed by atoms with Crippen molar-refractivity contribution >= 4 is 11.9 Å². The molecule has 2 aliphatic rings. The van der Waals surface area contributed by atoms with Gasteiger partial charge in [0.15, 0.2) is 11.2 Å². The Bertz CT molecular complexity index is 1270. The summed E-state index contributed by atoms with van der Waals surface area (Å²) in [4.78, 5) is 31.7. The Morgan fingerprint density at radius 3 is 1.20 bits per heavy atom. The molecule has 0 amide bonds. The summed E-state index contributed by atoms with van der Waals surface area (Å²) in [7, 11) is 0. The average Bonchev–Trinajstić information content (AvgIpc) is 3.15. The summed E-state index contributed by atoms with van der Waals surface area (Å²) < 4.78 is 22.5. The van der Waals surface area contributed by atoms with E-state index in [1.807, 2.05) is 0 Å². The maximum atomic E-state index is 11.7. The van der Waals surface area contributed by atoms with Crippen LogP contribution in [0.1, 0.15) is 114 Å². The summed E-state index contributed by atoms with van der Waals surface area (Å²) in [5.74, 6) is -1.51. The molecule has 14 nitrogen and oxygen atoms in total. The van der Waals surface area contributed by atoms with Crippen molar-refractivity contribution in [3.05, 3.63) is 48.0 Å². The number of aliphatic carboxylic acids is 2. The minimum atomic E-state index is -2.14. The Balaban J connectivity index is 0.000000290. The summed E-state index contributed by atoms with van der Waals surface area (Å²) in [5, 5.41) is 40.4. The van der Waals surface area contributed by atoms with Gasteiger partial charge in [-0.3, -0.25) is 9.97 Å². The van der Waals surface area contributed by atoms with Crippen LogP contribution in [0, 0.1) is 0 Å². The van der Waals surface area contributed by atoms with Gasteiger partial charge in [0, 0.05) is 62.0 Å². The van der Waals surface area contributed by atoms with Crippen LogP contribution in [0.15, 0.2) is 36.7 Å². The zero-order chi connectivity index (χ0) is 39.1. The van der Waals surface area contributed by atoms with Gasteiger partial charge in [0.2, 0.25) is 0 Å². The first-order valence-corrected chi connectivity index (χ1v) is 19.8. The molecule has 4 bridgehead atoms. The molecule has 4 rings (SSSR count). The zero-order valence-corrected chi connectivity index (χ0v) is 31.9. The van der Waals surface area contributed by atoms with E-state index in [2.05, 4.69) is 9.97 Å². The average molecular weight is 761 g/mol. The molecule has 2 unspecified atom stereocenters. The van der Waals surface area contributed by atoms with Gasteiger partial charge in [0.05, 0.1) is 38.5 Å². The van der Waals surface area contributed by atoms with Crippen molar-refractivity contribution in [2.75, 3.05) is 39.6 Å². The molecule has 2 aliphatic heterocycles. The monoisotopic (exact) mass is 760 g/mol. The number of carboxylic acid groups (broad SMARTS) is 2. The molecule has 2 aromatic heterocycles. The highest BCUT2D eigenvalue weighted by atomic mass is 16.5. The van der Waals surface area contributed by atoms with E-state index in [4.69, 9.17) is 30.4 Å². The number of hydrogen-bond acceptors (Lipinski definition) is 12. The first-order chi connectivity index (χ1) is 26.0. The van der Waals surface area contributed by atoms with E-state index >= 15 is 0 Å². The van der Waals surface area contributed by atoms with E-state index in [1.165, 1.54) is 51.4 Å². The van der Waals surface area contributed by atoms with Crippen molar-refractivity contribution in [2.24, 2.45) is 11.5 Å². The molecule has 8 N–H and O–H groups in total.